The van der Waals surface area contributed by atoms with Gasteiger partial charge in [0.2, 0.25) is 27.6 Å². The van der Waals surface area contributed by atoms with Crippen molar-refractivity contribution in [2.24, 2.45) is 5.41 Å². The van der Waals surface area contributed by atoms with Crippen LogP contribution in [-0.2, 0) is 29.2 Å². The number of sulfonamides is 1. The van der Waals surface area contributed by atoms with Crippen molar-refractivity contribution in [1.82, 2.24) is 31.2 Å². The van der Waals surface area contributed by atoms with Crippen LogP contribution in [0.3, 0.4) is 0 Å². The minimum absolute atomic E-state index is 0.00190. The number of ketones is 1. The first-order valence-corrected chi connectivity index (χ1v) is 18.7. The molecule has 0 aromatic carbocycles. The molecule has 3 fully saturated rings. The monoisotopic (exact) mass is 689 g/mol. The molecule has 15 heteroatoms. The molecule has 3 atom stereocenters. The molecule has 14 nitrogen and oxygen atoms in total. The van der Waals surface area contributed by atoms with E-state index >= 15 is 0 Å². The molecule has 1 aromatic rings. The Labute approximate surface area is 283 Å². The van der Waals surface area contributed by atoms with E-state index < -0.39 is 68.6 Å². The van der Waals surface area contributed by atoms with Gasteiger partial charge in [-0.05, 0) is 62.5 Å². The molecule has 2 aliphatic carbocycles. The normalized spacial score (nSPS) is 20.6. The van der Waals surface area contributed by atoms with E-state index in [9.17, 15) is 32.4 Å². The maximum atomic E-state index is 14.1. The van der Waals surface area contributed by atoms with Crippen molar-refractivity contribution in [3.63, 3.8) is 0 Å². The number of aromatic nitrogens is 1. The number of Topliss-reactive ketones (excluding diaryl/α,β-unsaturated/α-hetero) is 1. The molecule has 1 aromatic heterocycles. The molecule has 1 saturated heterocycles. The summed E-state index contributed by atoms with van der Waals surface area (Å²) < 4.78 is 28.9. The Bertz CT molecular complexity index is 1440. The molecule has 0 radical (unpaired) electrons. The molecule has 2 heterocycles. The van der Waals surface area contributed by atoms with E-state index in [1.807, 2.05) is 6.92 Å². The van der Waals surface area contributed by atoms with E-state index in [4.69, 9.17) is 0 Å². The van der Waals surface area contributed by atoms with E-state index in [1.165, 1.54) is 11.1 Å². The first kappa shape index (κ1) is 37.1. The highest BCUT2D eigenvalue weighted by atomic mass is 32.2. The van der Waals surface area contributed by atoms with Gasteiger partial charge in [0.1, 0.15) is 17.9 Å². The van der Waals surface area contributed by atoms with E-state index in [0.29, 0.717) is 32.1 Å². The molecule has 48 heavy (non-hydrogen) atoms. The third-order valence-electron chi connectivity index (χ3n) is 9.15. The summed E-state index contributed by atoms with van der Waals surface area (Å²) in [5.41, 5.74) is -1.83. The molecule has 266 valence electrons. The Morgan fingerprint density at radius 1 is 1.00 bits per heavy atom. The Hall–Kier alpha value is -3.75. The zero-order valence-corrected chi connectivity index (χ0v) is 29.3. The number of nitrogens with one attached hydrogen (secondary N) is 5. The Morgan fingerprint density at radius 3 is 2.31 bits per heavy atom. The summed E-state index contributed by atoms with van der Waals surface area (Å²) in [4.78, 5) is 72.0. The number of carbonyl (C=O) groups is 5. The van der Waals surface area contributed by atoms with Crippen LogP contribution in [0.1, 0.15) is 98.3 Å². The van der Waals surface area contributed by atoms with E-state index in [-0.39, 0.29) is 30.6 Å². The molecular weight excluding hydrogens is 638 g/mol. The van der Waals surface area contributed by atoms with Crippen LogP contribution >= 0.6 is 0 Å². The number of likely N-dealkylation sites (tertiary alicyclic amines) is 1. The topological polar surface area (TPSA) is 196 Å². The zero-order valence-electron chi connectivity index (χ0n) is 28.5. The number of hydrogen-bond acceptors (Lipinski definition) is 8. The first-order chi connectivity index (χ1) is 22.6. The number of pyridine rings is 1. The molecule has 5 amide bonds. The van der Waals surface area contributed by atoms with Crippen LogP contribution in [0.4, 0.5) is 10.6 Å². The van der Waals surface area contributed by atoms with Gasteiger partial charge in [-0.2, -0.15) is 0 Å². The molecule has 0 spiro atoms. The summed E-state index contributed by atoms with van der Waals surface area (Å²) >= 11 is 0. The maximum absolute atomic E-state index is 14.1. The third kappa shape index (κ3) is 10.1. The van der Waals surface area contributed by atoms with Crippen molar-refractivity contribution in [3.8, 4) is 0 Å². The smallest absolute Gasteiger partial charge is 0.315 e. The molecule has 0 unspecified atom stereocenters. The van der Waals surface area contributed by atoms with E-state index in [1.54, 1.807) is 39.0 Å². The summed E-state index contributed by atoms with van der Waals surface area (Å²) in [7, 11) is -3.89. The number of carbonyl (C=O) groups excluding carboxylic acids is 5. The van der Waals surface area contributed by atoms with Gasteiger partial charge >= 0.3 is 6.03 Å². The van der Waals surface area contributed by atoms with Crippen LogP contribution < -0.4 is 26.0 Å². The number of nitrogens with zero attached hydrogens (tertiary/aromatic N) is 2. The molecule has 5 N–H and O–H groups in total. The fourth-order valence-corrected chi connectivity index (χ4v) is 8.11. The van der Waals surface area contributed by atoms with Gasteiger partial charge in [0.25, 0.3) is 5.91 Å². The predicted molar refractivity (Wildman–Crippen MR) is 180 cm³/mol. The van der Waals surface area contributed by atoms with Gasteiger partial charge in [0.05, 0.1) is 17.3 Å². The average Bonchev–Trinajstić information content (AvgIpc) is 3.69. The van der Waals surface area contributed by atoms with Gasteiger partial charge in [-0.3, -0.25) is 23.9 Å². The third-order valence-corrected chi connectivity index (χ3v) is 10.6. The Balaban J connectivity index is 1.45. The van der Waals surface area contributed by atoms with Crippen LogP contribution in [0.15, 0.2) is 24.4 Å². The number of hydrogen-bond donors (Lipinski definition) is 5. The fourth-order valence-electron chi connectivity index (χ4n) is 6.51. The summed E-state index contributed by atoms with van der Waals surface area (Å²) in [5, 5.41) is 11.1. The quantitative estimate of drug-likeness (QED) is 0.184. The van der Waals surface area contributed by atoms with Gasteiger partial charge < -0.3 is 26.2 Å². The highest BCUT2D eigenvalue weighted by Gasteiger charge is 2.44. The molecule has 0 bridgehead atoms. The minimum Gasteiger partial charge on any atom is -0.347 e. The first-order valence-electron chi connectivity index (χ1n) is 17.1. The average molecular weight is 690 g/mol. The SMILES string of the molecule is CCC[C@@H](NC(=O)[C@@H]1CCCN1C(=O)[C@@H](NC(=O)NC1(CS(=O)(=O)Nc2ccccn2)CCCCC1)C(C)(C)C)C(=O)C(=O)NC1CC1. The fraction of sp³-hybridized carbons (Fsp3) is 0.697. The number of rotatable bonds is 14. The van der Waals surface area contributed by atoms with Gasteiger partial charge in [-0.15, -0.1) is 0 Å². The van der Waals surface area contributed by atoms with Crippen molar-refractivity contribution in [3.05, 3.63) is 24.4 Å². The van der Waals surface area contributed by atoms with Crippen LogP contribution in [-0.4, -0.2) is 89.8 Å². The number of amides is 5. The minimum atomic E-state index is -3.89. The molecule has 4 rings (SSSR count). The van der Waals surface area contributed by atoms with E-state index in [2.05, 4.69) is 31.0 Å². The number of anilines is 1. The van der Waals surface area contributed by atoms with Crippen LogP contribution in [0.2, 0.25) is 0 Å². The lowest BCUT2D eigenvalue weighted by Crippen LogP contribution is -2.63. The second-order valence-corrected chi connectivity index (χ2v) is 16.2. The predicted octanol–water partition coefficient (Wildman–Crippen LogP) is 2.36. The highest BCUT2D eigenvalue weighted by molar-refractivity contribution is 7.92. The summed E-state index contributed by atoms with van der Waals surface area (Å²) in [5.74, 6) is -2.56. The molecular formula is C33H51N7O7S. The molecule has 3 aliphatic rings. The number of urea groups is 1. The van der Waals surface area contributed by atoms with Crippen molar-refractivity contribution in [1.29, 1.82) is 0 Å². The van der Waals surface area contributed by atoms with Crippen molar-refractivity contribution >= 4 is 45.4 Å². The van der Waals surface area contributed by atoms with Crippen LogP contribution in [0, 0.1) is 5.41 Å². The maximum Gasteiger partial charge on any atom is 0.315 e. The van der Waals surface area contributed by atoms with Crippen LogP contribution in [0.5, 0.6) is 0 Å². The molecule has 1 aliphatic heterocycles. The second kappa shape index (κ2) is 15.6. The van der Waals surface area contributed by atoms with Gasteiger partial charge in [-0.25, -0.2) is 18.2 Å². The summed E-state index contributed by atoms with van der Waals surface area (Å²) in [6, 6.07) is 1.29. The van der Waals surface area contributed by atoms with Crippen molar-refractivity contribution < 1.29 is 32.4 Å². The Kier molecular flexibility index (Phi) is 12.1. The second-order valence-electron chi connectivity index (χ2n) is 14.5. The summed E-state index contributed by atoms with van der Waals surface area (Å²) in [6.07, 6.45) is 8.16. The van der Waals surface area contributed by atoms with Gasteiger partial charge in [0.15, 0.2) is 0 Å². The lowest BCUT2D eigenvalue weighted by atomic mass is 9.83. The van der Waals surface area contributed by atoms with Gasteiger partial charge in [-0.1, -0.05) is 59.4 Å². The zero-order chi connectivity index (χ0) is 35.1. The lowest BCUT2D eigenvalue weighted by molar-refractivity contribution is -0.143. The van der Waals surface area contributed by atoms with E-state index in [0.717, 1.165) is 32.1 Å². The van der Waals surface area contributed by atoms with Crippen LogP contribution in [0.25, 0.3) is 0 Å². The standard InChI is InChI=1S/C33H51N7O7S/c1-5-12-23(26(41)29(43)35-22-15-16-22)36-28(42)24-13-11-20-40(24)30(44)27(32(2,3)4)37-31(45)38-33(17-8-6-9-18-33)21-48(46,47)39-25-14-7-10-19-34-25/h7,10,14,19,22-24,27H,5-6,8-9,11-13,15-18,20-21H2,1-4H3,(H,34,39)(H,35,43)(H,36,42)(H2,37,38,45)/t23-,24+,27-/m1/s1. The molecule has 2 saturated carbocycles. The Morgan fingerprint density at radius 2 is 1.71 bits per heavy atom. The van der Waals surface area contributed by atoms with Crippen molar-refractivity contribution in [2.75, 3.05) is 17.0 Å². The largest absolute Gasteiger partial charge is 0.347 e. The lowest BCUT2D eigenvalue weighted by Gasteiger charge is -2.40. The van der Waals surface area contributed by atoms with Gasteiger partial charge in [0, 0.05) is 18.8 Å². The highest BCUT2D eigenvalue weighted by Crippen LogP contribution is 2.31. The summed E-state index contributed by atoms with van der Waals surface area (Å²) in [6.45, 7) is 7.53. The van der Waals surface area contributed by atoms with Crippen molar-refractivity contribution in [2.45, 2.75) is 128 Å².